The minimum atomic E-state index is 0.704. The summed E-state index contributed by atoms with van der Waals surface area (Å²) in [6, 6.07) is 15.3. The molecule has 4 rings (SSSR count). The molecule has 5 nitrogen and oxygen atoms in total. The molecule has 0 fully saturated rings. The number of ether oxygens (including phenoxy) is 1. The van der Waals surface area contributed by atoms with Crippen LogP contribution in [-0.4, -0.2) is 26.9 Å². The summed E-state index contributed by atoms with van der Waals surface area (Å²) in [5.74, 6) is 1.51. The fourth-order valence-corrected chi connectivity index (χ4v) is 3.22. The highest BCUT2D eigenvalue weighted by Crippen LogP contribution is 2.29. The molecule has 0 aliphatic rings. The summed E-state index contributed by atoms with van der Waals surface area (Å²) in [5.41, 5.74) is 1.94. The number of hydrogen-bond acceptors (Lipinski definition) is 5. The summed E-state index contributed by atoms with van der Waals surface area (Å²) in [6.07, 6.45) is 0. The van der Waals surface area contributed by atoms with Gasteiger partial charge in [-0.05, 0) is 36.4 Å². The van der Waals surface area contributed by atoms with Gasteiger partial charge in [-0.25, -0.2) is 0 Å². The van der Waals surface area contributed by atoms with E-state index in [0.717, 1.165) is 26.8 Å². The van der Waals surface area contributed by atoms with Crippen LogP contribution in [0.2, 0.25) is 5.02 Å². The van der Waals surface area contributed by atoms with Crippen LogP contribution in [0.15, 0.2) is 48.5 Å². The Balaban J connectivity index is 1.78. The van der Waals surface area contributed by atoms with Gasteiger partial charge in [0.1, 0.15) is 10.8 Å². The van der Waals surface area contributed by atoms with Crippen molar-refractivity contribution in [2.75, 3.05) is 7.11 Å². The maximum atomic E-state index is 5.93. The molecule has 0 saturated carbocycles. The van der Waals surface area contributed by atoms with Gasteiger partial charge in [0, 0.05) is 16.1 Å². The Morgan fingerprint density at radius 2 is 1.65 bits per heavy atom. The van der Waals surface area contributed by atoms with Crippen LogP contribution in [0.25, 0.3) is 26.9 Å². The van der Waals surface area contributed by atoms with Gasteiger partial charge >= 0.3 is 0 Å². The Morgan fingerprint density at radius 1 is 0.957 bits per heavy atom. The van der Waals surface area contributed by atoms with E-state index >= 15 is 0 Å². The predicted molar refractivity (Wildman–Crippen MR) is 91.1 cm³/mol. The first-order valence-electron chi connectivity index (χ1n) is 6.87. The van der Waals surface area contributed by atoms with Crippen molar-refractivity contribution in [3.63, 3.8) is 0 Å². The molecule has 0 N–H and O–H groups in total. The van der Waals surface area contributed by atoms with Crippen LogP contribution in [0.3, 0.4) is 0 Å². The van der Waals surface area contributed by atoms with Gasteiger partial charge in [0.05, 0.1) is 7.11 Å². The molecule has 0 amide bonds. The zero-order valence-corrected chi connectivity index (χ0v) is 13.7. The van der Waals surface area contributed by atoms with Crippen LogP contribution in [0.4, 0.5) is 0 Å². The van der Waals surface area contributed by atoms with Crippen LogP contribution in [0, 0.1) is 0 Å². The molecule has 0 spiro atoms. The molecule has 0 saturated heterocycles. The second kappa shape index (κ2) is 5.64. The lowest BCUT2D eigenvalue weighted by Gasteiger charge is -2.00. The van der Waals surface area contributed by atoms with Crippen molar-refractivity contribution in [3.05, 3.63) is 53.6 Å². The summed E-state index contributed by atoms with van der Waals surface area (Å²) in [5, 5.41) is 14.6. The van der Waals surface area contributed by atoms with Gasteiger partial charge in [-0.1, -0.05) is 35.1 Å². The summed E-state index contributed by atoms with van der Waals surface area (Å²) in [4.78, 5) is 0.751. The zero-order chi connectivity index (χ0) is 15.8. The standard InChI is InChI=1S/C16H11ClN4OS/c1-22-13-8-4-10(5-9-13)14-18-19-16-21(14)20-15(23-16)11-2-6-12(17)7-3-11/h2-9H,1H3. The van der Waals surface area contributed by atoms with E-state index in [1.54, 1.807) is 11.6 Å². The minimum absolute atomic E-state index is 0.704. The monoisotopic (exact) mass is 342 g/mol. The van der Waals surface area contributed by atoms with Crippen LogP contribution in [0.5, 0.6) is 5.75 Å². The molecular weight excluding hydrogens is 332 g/mol. The van der Waals surface area contributed by atoms with Gasteiger partial charge in [0.25, 0.3) is 0 Å². The van der Waals surface area contributed by atoms with E-state index in [1.165, 1.54) is 11.3 Å². The molecule has 2 aromatic heterocycles. The number of benzene rings is 2. The van der Waals surface area contributed by atoms with E-state index in [4.69, 9.17) is 16.3 Å². The maximum absolute atomic E-state index is 5.93. The molecule has 7 heteroatoms. The highest BCUT2D eigenvalue weighted by molar-refractivity contribution is 7.19. The molecule has 0 bridgehead atoms. The Morgan fingerprint density at radius 3 is 2.35 bits per heavy atom. The summed E-state index contributed by atoms with van der Waals surface area (Å²) in [7, 11) is 1.64. The minimum Gasteiger partial charge on any atom is -0.497 e. The Hall–Kier alpha value is -2.44. The summed E-state index contributed by atoms with van der Waals surface area (Å²) < 4.78 is 6.94. The lowest BCUT2D eigenvalue weighted by atomic mass is 10.2. The molecule has 2 heterocycles. The number of fused-ring (bicyclic) bond motifs is 1. The van der Waals surface area contributed by atoms with Crippen molar-refractivity contribution in [3.8, 4) is 27.7 Å². The molecule has 0 atom stereocenters. The van der Waals surface area contributed by atoms with Crippen LogP contribution >= 0.6 is 22.9 Å². The van der Waals surface area contributed by atoms with E-state index in [2.05, 4.69) is 15.3 Å². The molecular formula is C16H11ClN4OS. The average molecular weight is 343 g/mol. The number of aromatic nitrogens is 4. The maximum Gasteiger partial charge on any atom is 0.235 e. The Kier molecular flexibility index (Phi) is 3.48. The molecule has 4 aromatic rings. The average Bonchev–Trinajstić information content (AvgIpc) is 3.16. The largest absolute Gasteiger partial charge is 0.497 e. The van der Waals surface area contributed by atoms with Crippen LogP contribution in [0.1, 0.15) is 0 Å². The third-order valence-electron chi connectivity index (χ3n) is 3.43. The lowest BCUT2D eigenvalue weighted by molar-refractivity contribution is 0.415. The van der Waals surface area contributed by atoms with Gasteiger partial charge in [0.2, 0.25) is 4.96 Å². The van der Waals surface area contributed by atoms with E-state index in [0.29, 0.717) is 10.8 Å². The highest BCUT2D eigenvalue weighted by atomic mass is 35.5. The molecule has 114 valence electrons. The van der Waals surface area contributed by atoms with Crippen molar-refractivity contribution in [1.29, 1.82) is 0 Å². The van der Waals surface area contributed by atoms with Crippen LogP contribution in [-0.2, 0) is 0 Å². The Labute approximate surface area is 141 Å². The quantitative estimate of drug-likeness (QED) is 0.560. The molecule has 2 aromatic carbocycles. The normalized spacial score (nSPS) is 11.0. The molecule has 23 heavy (non-hydrogen) atoms. The second-order valence-corrected chi connectivity index (χ2v) is 6.25. The van der Waals surface area contributed by atoms with Gasteiger partial charge in [-0.15, -0.1) is 10.2 Å². The first-order chi connectivity index (χ1) is 11.2. The number of halogens is 1. The van der Waals surface area contributed by atoms with Gasteiger partial charge < -0.3 is 4.74 Å². The van der Waals surface area contributed by atoms with Gasteiger partial charge in [-0.3, -0.25) is 0 Å². The number of methoxy groups -OCH3 is 1. The topological polar surface area (TPSA) is 52.3 Å². The van der Waals surface area contributed by atoms with E-state index in [9.17, 15) is 0 Å². The van der Waals surface area contributed by atoms with Gasteiger partial charge in [0.15, 0.2) is 5.82 Å². The van der Waals surface area contributed by atoms with E-state index < -0.39 is 0 Å². The van der Waals surface area contributed by atoms with Gasteiger partial charge in [-0.2, -0.15) is 9.61 Å². The fourth-order valence-electron chi connectivity index (χ4n) is 2.25. The van der Waals surface area contributed by atoms with Crippen molar-refractivity contribution in [1.82, 2.24) is 19.8 Å². The summed E-state index contributed by atoms with van der Waals surface area (Å²) >= 11 is 7.42. The SMILES string of the molecule is COc1ccc(-c2nnc3sc(-c4ccc(Cl)cc4)nn23)cc1. The van der Waals surface area contributed by atoms with Crippen molar-refractivity contribution < 1.29 is 4.74 Å². The number of nitrogens with zero attached hydrogens (tertiary/aromatic N) is 4. The van der Waals surface area contributed by atoms with E-state index in [-0.39, 0.29) is 0 Å². The molecule has 0 aliphatic carbocycles. The van der Waals surface area contributed by atoms with Crippen LogP contribution < -0.4 is 4.74 Å². The first-order valence-corrected chi connectivity index (χ1v) is 8.06. The second-order valence-electron chi connectivity index (χ2n) is 4.86. The van der Waals surface area contributed by atoms with E-state index in [1.807, 2.05) is 48.5 Å². The third-order valence-corrected chi connectivity index (χ3v) is 4.63. The first kappa shape index (κ1) is 14.2. The fraction of sp³-hybridized carbons (Fsp3) is 0.0625. The Bertz CT molecular complexity index is 960. The predicted octanol–water partition coefficient (Wildman–Crippen LogP) is 4.18. The summed E-state index contributed by atoms with van der Waals surface area (Å²) in [6.45, 7) is 0. The smallest absolute Gasteiger partial charge is 0.235 e. The lowest BCUT2D eigenvalue weighted by Crippen LogP contribution is -1.91. The highest BCUT2D eigenvalue weighted by Gasteiger charge is 2.14. The number of hydrogen-bond donors (Lipinski definition) is 0. The molecule has 0 unspecified atom stereocenters. The third kappa shape index (κ3) is 2.56. The number of rotatable bonds is 3. The zero-order valence-electron chi connectivity index (χ0n) is 12.1. The molecule has 0 radical (unpaired) electrons. The molecule has 0 aliphatic heterocycles. The van der Waals surface area contributed by atoms with Crippen molar-refractivity contribution >= 4 is 27.9 Å². The van der Waals surface area contributed by atoms with Crippen molar-refractivity contribution in [2.45, 2.75) is 0 Å². The van der Waals surface area contributed by atoms with Crippen molar-refractivity contribution in [2.24, 2.45) is 0 Å².